The highest BCUT2D eigenvalue weighted by Gasteiger charge is 2.30. The minimum absolute atomic E-state index is 0. The maximum absolute atomic E-state index is 14.9. The summed E-state index contributed by atoms with van der Waals surface area (Å²) in [7, 11) is -3.61. The molecule has 0 saturated carbocycles. The molecule has 1 saturated heterocycles. The molecule has 0 bridgehead atoms. The summed E-state index contributed by atoms with van der Waals surface area (Å²) in [6.45, 7) is 9.00. The second kappa shape index (κ2) is 10.3. The van der Waals surface area contributed by atoms with E-state index in [4.69, 9.17) is 11.6 Å². The van der Waals surface area contributed by atoms with Crippen LogP contribution in [-0.2, 0) is 9.84 Å². The van der Waals surface area contributed by atoms with Crippen molar-refractivity contribution in [3.63, 3.8) is 0 Å². The van der Waals surface area contributed by atoms with E-state index in [2.05, 4.69) is 10.2 Å². The number of piperazine rings is 1. The van der Waals surface area contributed by atoms with Gasteiger partial charge in [0, 0.05) is 60.4 Å². The summed E-state index contributed by atoms with van der Waals surface area (Å²) in [6.07, 6.45) is 1.21. The number of rotatable bonds is 5. The molecule has 3 aromatic rings. The van der Waals surface area contributed by atoms with Crippen LogP contribution in [0.5, 0.6) is 0 Å². The zero-order valence-electron chi connectivity index (χ0n) is 19.7. The lowest BCUT2D eigenvalue weighted by Gasteiger charge is -2.30. The standard InChI is InChI=1S/C25H29ClFN3O2S.ClH/c1-16(2)30-17(3)25(33(4,31)32)23(24(30)18-5-7-20(26)8-6-18)19-13-21(27)15-22(14-19)29-11-9-28-10-12-29;/h5-8,13-16,28H,9-12H2,1-4H3;1H. The first-order chi connectivity index (χ1) is 15.6. The van der Waals surface area contributed by atoms with E-state index < -0.39 is 15.7 Å². The van der Waals surface area contributed by atoms with Crippen molar-refractivity contribution in [2.75, 3.05) is 37.3 Å². The summed E-state index contributed by atoms with van der Waals surface area (Å²) in [5.41, 5.74) is 4.05. The van der Waals surface area contributed by atoms with Gasteiger partial charge < -0.3 is 14.8 Å². The van der Waals surface area contributed by atoms with Gasteiger partial charge in [0.05, 0.1) is 10.6 Å². The minimum Gasteiger partial charge on any atom is -0.369 e. The smallest absolute Gasteiger partial charge is 0.177 e. The number of aromatic nitrogens is 1. The van der Waals surface area contributed by atoms with Crippen molar-refractivity contribution < 1.29 is 12.8 Å². The van der Waals surface area contributed by atoms with Gasteiger partial charge in [-0.25, -0.2) is 12.8 Å². The van der Waals surface area contributed by atoms with Crippen LogP contribution in [0.25, 0.3) is 22.4 Å². The molecule has 2 aromatic carbocycles. The zero-order valence-corrected chi connectivity index (χ0v) is 22.1. The molecular formula is C25H30Cl2FN3O2S. The molecule has 9 heteroatoms. The number of sulfone groups is 1. The minimum atomic E-state index is -3.61. The molecule has 1 aliphatic rings. The fraction of sp³-hybridized carbons (Fsp3) is 0.360. The van der Waals surface area contributed by atoms with E-state index in [1.165, 1.54) is 18.4 Å². The highest BCUT2D eigenvalue weighted by molar-refractivity contribution is 7.91. The first-order valence-electron chi connectivity index (χ1n) is 11.1. The molecular weight excluding hydrogens is 496 g/mol. The van der Waals surface area contributed by atoms with Crippen molar-refractivity contribution in [1.82, 2.24) is 9.88 Å². The Balaban J connectivity index is 0.00000324. The Kier molecular flexibility index (Phi) is 8.03. The van der Waals surface area contributed by atoms with Crippen LogP contribution in [0.1, 0.15) is 25.6 Å². The molecule has 1 fully saturated rings. The molecule has 1 aromatic heterocycles. The molecule has 0 radical (unpaired) electrons. The SMILES string of the molecule is Cc1c(S(C)(=O)=O)c(-c2cc(F)cc(N3CCNCC3)c2)c(-c2ccc(Cl)cc2)n1C(C)C.Cl. The molecule has 34 heavy (non-hydrogen) atoms. The van der Waals surface area contributed by atoms with Gasteiger partial charge in [-0.05, 0) is 62.2 Å². The van der Waals surface area contributed by atoms with Crippen molar-refractivity contribution in [1.29, 1.82) is 0 Å². The van der Waals surface area contributed by atoms with Crippen LogP contribution in [0, 0.1) is 12.7 Å². The monoisotopic (exact) mass is 525 g/mol. The third-order valence-electron chi connectivity index (χ3n) is 6.05. The van der Waals surface area contributed by atoms with Gasteiger partial charge in [-0.1, -0.05) is 23.7 Å². The van der Waals surface area contributed by atoms with E-state index >= 15 is 0 Å². The number of hydrogen-bond donors (Lipinski definition) is 1. The average Bonchev–Trinajstić information content (AvgIpc) is 3.08. The summed E-state index contributed by atoms with van der Waals surface area (Å²) < 4.78 is 43.0. The quantitative estimate of drug-likeness (QED) is 0.461. The van der Waals surface area contributed by atoms with Crippen LogP contribution < -0.4 is 10.2 Å². The summed E-state index contributed by atoms with van der Waals surface area (Å²) in [5, 5.41) is 3.90. The van der Waals surface area contributed by atoms with E-state index in [1.54, 1.807) is 12.1 Å². The highest BCUT2D eigenvalue weighted by Crippen LogP contribution is 2.44. The summed E-state index contributed by atoms with van der Waals surface area (Å²) in [6, 6.07) is 12.2. The van der Waals surface area contributed by atoms with E-state index in [9.17, 15) is 12.8 Å². The predicted octanol–water partition coefficient (Wildman–Crippen LogP) is 5.74. The molecule has 2 heterocycles. The number of nitrogens with one attached hydrogen (secondary N) is 1. The maximum Gasteiger partial charge on any atom is 0.177 e. The molecule has 1 aliphatic heterocycles. The number of hydrogen-bond acceptors (Lipinski definition) is 4. The van der Waals surface area contributed by atoms with Crippen LogP contribution >= 0.6 is 24.0 Å². The summed E-state index contributed by atoms with van der Waals surface area (Å²) in [5.74, 6) is -0.391. The average molecular weight is 527 g/mol. The highest BCUT2D eigenvalue weighted by atomic mass is 35.5. The molecule has 4 rings (SSSR count). The van der Waals surface area contributed by atoms with Crippen LogP contribution in [0.15, 0.2) is 47.4 Å². The fourth-order valence-electron chi connectivity index (χ4n) is 4.77. The Morgan fingerprint density at radius 3 is 2.21 bits per heavy atom. The molecule has 1 N–H and O–H groups in total. The van der Waals surface area contributed by atoms with E-state index in [0.717, 1.165) is 43.1 Å². The van der Waals surface area contributed by atoms with Crippen molar-refractivity contribution in [3.05, 3.63) is 59.0 Å². The van der Waals surface area contributed by atoms with Gasteiger partial charge in [0.1, 0.15) is 5.82 Å². The molecule has 184 valence electrons. The molecule has 0 spiro atoms. The lowest BCUT2D eigenvalue weighted by Crippen LogP contribution is -2.43. The number of halogens is 3. The lowest BCUT2D eigenvalue weighted by atomic mass is 9.99. The van der Waals surface area contributed by atoms with Gasteiger partial charge in [0.2, 0.25) is 0 Å². The Hall–Kier alpha value is -2.06. The van der Waals surface area contributed by atoms with E-state index in [-0.39, 0.29) is 23.3 Å². The Morgan fingerprint density at radius 2 is 1.65 bits per heavy atom. The fourth-order valence-corrected chi connectivity index (χ4v) is 6.11. The van der Waals surface area contributed by atoms with Crippen LogP contribution in [-0.4, -0.2) is 45.4 Å². The zero-order chi connectivity index (χ0) is 23.9. The topological polar surface area (TPSA) is 54.3 Å². The molecule has 0 amide bonds. The Labute approximate surface area is 212 Å². The van der Waals surface area contributed by atoms with Gasteiger partial charge in [-0.2, -0.15) is 0 Å². The van der Waals surface area contributed by atoms with Crippen molar-refractivity contribution in [2.24, 2.45) is 0 Å². The van der Waals surface area contributed by atoms with E-state index in [1.807, 2.05) is 43.5 Å². The number of nitrogens with zero attached hydrogens (tertiary/aromatic N) is 2. The second-order valence-electron chi connectivity index (χ2n) is 8.82. The van der Waals surface area contributed by atoms with Crippen molar-refractivity contribution in [3.8, 4) is 22.4 Å². The van der Waals surface area contributed by atoms with Gasteiger partial charge in [0.25, 0.3) is 0 Å². The summed E-state index contributed by atoms with van der Waals surface area (Å²) in [4.78, 5) is 2.36. The van der Waals surface area contributed by atoms with Gasteiger partial charge in [-0.15, -0.1) is 12.4 Å². The van der Waals surface area contributed by atoms with Crippen LogP contribution in [0.2, 0.25) is 5.02 Å². The summed E-state index contributed by atoms with van der Waals surface area (Å²) >= 11 is 6.13. The van der Waals surface area contributed by atoms with Gasteiger partial charge in [-0.3, -0.25) is 0 Å². The normalized spacial score (nSPS) is 14.4. The third-order valence-corrected chi connectivity index (χ3v) is 7.55. The molecule has 0 atom stereocenters. The number of anilines is 1. The Morgan fingerprint density at radius 1 is 1.03 bits per heavy atom. The van der Waals surface area contributed by atoms with Gasteiger partial charge in [0.15, 0.2) is 9.84 Å². The molecule has 0 unspecified atom stereocenters. The van der Waals surface area contributed by atoms with Gasteiger partial charge >= 0.3 is 0 Å². The first kappa shape index (κ1) is 26.5. The largest absolute Gasteiger partial charge is 0.369 e. The first-order valence-corrected chi connectivity index (χ1v) is 13.3. The van der Waals surface area contributed by atoms with E-state index in [0.29, 0.717) is 21.8 Å². The van der Waals surface area contributed by atoms with Crippen molar-refractivity contribution in [2.45, 2.75) is 31.7 Å². The van der Waals surface area contributed by atoms with Crippen LogP contribution in [0.4, 0.5) is 10.1 Å². The van der Waals surface area contributed by atoms with Crippen LogP contribution in [0.3, 0.4) is 0 Å². The molecule has 0 aliphatic carbocycles. The predicted molar refractivity (Wildman–Crippen MR) is 141 cm³/mol. The number of benzene rings is 2. The lowest BCUT2D eigenvalue weighted by molar-refractivity contribution is 0.583. The van der Waals surface area contributed by atoms with Crippen molar-refractivity contribution >= 4 is 39.5 Å². The third kappa shape index (κ3) is 5.13. The maximum atomic E-state index is 14.9. The Bertz CT molecular complexity index is 1280. The second-order valence-corrected chi connectivity index (χ2v) is 11.2. The molecule has 5 nitrogen and oxygen atoms in total.